The number of nitrogens with two attached hydrogens (primary N) is 1. The Labute approximate surface area is 59.5 Å². The van der Waals surface area contributed by atoms with Crippen LogP contribution in [0.3, 0.4) is 0 Å². The highest BCUT2D eigenvalue weighted by molar-refractivity contribution is 5.32. The first-order valence-corrected chi connectivity index (χ1v) is 3.07. The summed E-state index contributed by atoms with van der Waals surface area (Å²) in [7, 11) is 0. The topological polar surface area (TPSA) is 58.8 Å². The molecule has 1 aromatic rings. The van der Waals surface area contributed by atoms with Gasteiger partial charge >= 0.3 is 0 Å². The first kappa shape index (κ1) is 7.02. The molecule has 2 N–H and O–H groups in total. The maximum Gasteiger partial charge on any atom is 0.123 e. The van der Waals surface area contributed by atoms with Gasteiger partial charge in [0.05, 0.1) is 0 Å². The molecule has 0 saturated heterocycles. The number of aromatic nitrogens is 1. The molecule has 0 aliphatic rings. The third-order valence-corrected chi connectivity index (χ3v) is 1.27. The van der Waals surface area contributed by atoms with Crippen molar-refractivity contribution in [1.82, 2.24) is 4.98 Å². The minimum Gasteiger partial charge on any atom is -0.384 e. The fourth-order valence-corrected chi connectivity index (χ4v) is 0.718. The van der Waals surface area contributed by atoms with E-state index < -0.39 is 6.10 Å². The number of nitrogen functional groups attached to an aromatic ring is 1. The van der Waals surface area contributed by atoms with Gasteiger partial charge in [-0.3, -0.25) is 0 Å². The smallest absolute Gasteiger partial charge is 0.123 e. The zero-order chi connectivity index (χ0) is 7.56. The van der Waals surface area contributed by atoms with E-state index in [4.69, 9.17) is 5.73 Å². The third-order valence-electron chi connectivity index (χ3n) is 1.27. The van der Waals surface area contributed by atoms with Crippen LogP contribution < -0.4 is 5.73 Å². The first-order valence-electron chi connectivity index (χ1n) is 3.07. The number of rotatable bonds is 1. The van der Waals surface area contributed by atoms with Gasteiger partial charge < -0.3 is 5.73 Å². The highest BCUT2D eigenvalue weighted by atomic mass is 16.3. The predicted octanol–water partition coefficient (Wildman–Crippen LogP) is 1.16. The van der Waals surface area contributed by atoms with Gasteiger partial charge in [-0.15, -0.1) is 0 Å². The van der Waals surface area contributed by atoms with Gasteiger partial charge in [-0.25, -0.2) is 10.1 Å². The van der Waals surface area contributed by atoms with Crippen LogP contribution in [0, 0.1) is 0 Å². The lowest BCUT2D eigenvalue weighted by atomic mass is 10.2. The average Bonchev–Trinajstić information content (AvgIpc) is 1.88. The molecule has 3 nitrogen and oxygen atoms in total. The van der Waals surface area contributed by atoms with Gasteiger partial charge in [0.2, 0.25) is 0 Å². The van der Waals surface area contributed by atoms with E-state index in [0.717, 1.165) is 0 Å². The molecular weight excluding hydrogens is 128 g/mol. The summed E-state index contributed by atoms with van der Waals surface area (Å²) in [6.07, 6.45) is 0.823. The van der Waals surface area contributed by atoms with Gasteiger partial charge in [0, 0.05) is 6.20 Å². The fraction of sp³-hybridized carbons (Fsp3) is 0.286. The van der Waals surface area contributed by atoms with Crippen molar-refractivity contribution in [1.29, 1.82) is 0 Å². The van der Waals surface area contributed by atoms with E-state index in [-0.39, 0.29) is 0 Å². The van der Waals surface area contributed by atoms with Crippen LogP contribution in [0.1, 0.15) is 18.6 Å². The van der Waals surface area contributed by atoms with Crippen molar-refractivity contribution in [3.8, 4) is 0 Å². The van der Waals surface area contributed by atoms with Crippen molar-refractivity contribution >= 4 is 5.82 Å². The van der Waals surface area contributed by atoms with E-state index in [1.807, 2.05) is 0 Å². The number of pyridine rings is 1. The van der Waals surface area contributed by atoms with Crippen LogP contribution in [0.25, 0.3) is 0 Å². The summed E-state index contributed by atoms with van der Waals surface area (Å²) in [6, 6.07) is 3.27. The van der Waals surface area contributed by atoms with Crippen molar-refractivity contribution in [3.05, 3.63) is 23.9 Å². The molecule has 1 aromatic heterocycles. The van der Waals surface area contributed by atoms with Crippen molar-refractivity contribution in [2.24, 2.45) is 0 Å². The van der Waals surface area contributed by atoms with Gasteiger partial charge in [0.1, 0.15) is 11.9 Å². The van der Waals surface area contributed by atoms with Crippen LogP contribution >= 0.6 is 0 Å². The molecule has 0 spiro atoms. The molecule has 0 fully saturated rings. The molecule has 0 saturated carbocycles. The summed E-state index contributed by atoms with van der Waals surface area (Å²) in [5.41, 5.74) is 6.03. The normalized spacial score (nSPS) is 13.0. The zero-order valence-electron chi connectivity index (χ0n) is 5.74. The number of nitrogens with zero attached hydrogens (tertiary/aromatic N) is 1. The molecule has 1 atom stereocenters. The minimum absolute atomic E-state index is 0.403. The Morgan fingerprint density at radius 3 is 2.80 bits per heavy atom. The maximum absolute atomic E-state index is 10.8. The monoisotopic (exact) mass is 137 g/mol. The van der Waals surface area contributed by atoms with Crippen molar-refractivity contribution in [3.63, 3.8) is 0 Å². The predicted molar refractivity (Wildman–Crippen MR) is 37.8 cm³/mol. The second-order valence-corrected chi connectivity index (χ2v) is 2.16. The lowest BCUT2D eigenvalue weighted by Gasteiger charge is -2.00. The lowest BCUT2D eigenvalue weighted by Crippen LogP contribution is -1.94. The summed E-state index contributed by atoms with van der Waals surface area (Å²) >= 11 is 0. The molecule has 1 radical (unpaired) electrons. The van der Waals surface area contributed by atoms with E-state index in [2.05, 4.69) is 4.98 Å². The highest BCUT2D eigenvalue weighted by Gasteiger charge is 2.01. The summed E-state index contributed by atoms with van der Waals surface area (Å²) in [5, 5.41) is 10.8. The molecule has 10 heavy (non-hydrogen) atoms. The summed E-state index contributed by atoms with van der Waals surface area (Å²) in [6.45, 7) is 1.58. The van der Waals surface area contributed by atoms with E-state index in [0.29, 0.717) is 11.4 Å². The van der Waals surface area contributed by atoms with Crippen molar-refractivity contribution in [2.75, 3.05) is 5.73 Å². The van der Waals surface area contributed by atoms with Crippen LogP contribution in [-0.4, -0.2) is 4.98 Å². The van der Waals surface area contributed by atoms with Crippen LogP contribution in [0.15, 0.2) is 18.3 Å². The average molecular weight is 137 g/mol. The standard InChI is InChI=1S/C7H9N2O/c1-5(10)6-2-3-9-7(8)4-6/h2-5H,1H3,(H2,8,9). The molecule has 0 bridgehead atoms. The molecule has 1 rings (SSSR count). The van der Waals surface area contributed by atoms with E-state index in [9.17, 15) is 5.11 Å². The largest absolute Gasteiger partial charge is 0.384 e. The SMILES string of the molecule is CC([O])c1ccnc(N)c1. The summed E-state index contributed by atoms with van der Waals surface area (Å²) < 4.78 is 0. The Hall–Kier alpha value is -1.09. The molecule has 0 amide bonds. The van der Waals surface area contributed by atoms with Crippen LogP contribution in [0.2, 0.25) is 0 Å². The Bertz CT molecular complexity index is 223. The van der Waals surface area contributed by atoms with E-state index >= 15 is 0 Å². The molecule has 0 aliphatic carbocycles. The molecule has 53 valence electrons. The zero-order valence-corrected chi connectivity index (χ0v) is 5.74. The number of hydrogen-bond donors (Lipinski definition) is 1. The summed E-state index contributed by atoms with van der Waals surface area (Å²) in [5.74, 6) is 0.403. The minimum atomic E-state index is -0.717. The quantitative estimate of drug-likeness (QED) is 0.631. The van der Waals surface area contributed by atoms with Crippen LogP contribution in [0.4, 0.5) is 5.82 Å². The number of hydrogen-bond acceptors (Lipinski definition) is 2. The molecule has 1 heterocycles. The van der Waals surface area contributed by atoms with Crippen molar-refractivity contribution in [2.45, 2.75) is 13.0 Å². The summed E-state index contributed by atoms with van der Waals surface area (Å²) in [4.78, 5) is 3.76. The molecule has 0 aromatic carbocycles. The van der Waals surface area contributed by atoms with E-state index in [1.165, 1.54) is 0 Å². The van der Waals surface area contributed by atoms with Crippen molar-refractivity contribution < 1.29 is 5.11 Å². The van der Waals surface area contributed by atoms with Gasteiger partial charge in [0.15, 0.2) is 0 Å². The van der Waals surface area contributed by atoms with Gasteiger partial charge in [-0.1, -0.05) is 0 Å². The second kappa shape index (κ2) is 2.66. The van der Waals surface area contributed by atoms with E-state index in [1.54, 1.807) is 25.3 Å². The van der Waals surface area contributed by atoms with Crippen LogP contribution in [0.5, 0.6) is 0 Å². The molecule has 0 aliphatic heterocycles. The number of anilines is 1. The second-order valence-electron chi connectivity index (χ2n) is 2.16. The molecule has 3 heteroatoms. The third kappa shape index (κ3) is 1.45. The lowest BCUT2D eigenvalue weighted by molar-refractivity contribution is 0.106. The van der Waals surface area contributed by atoms with Crippen LogP contribution in [-0.2, 0) is 5.11 Å². The Morgan fingerprint density at radius 1 is 1.70 bits per heavy atom. The maximum atomic E-state index is 10.8. The van der Waals surface area contributed by atoms with Gasteiger partial charge in [-0.2, -0.15) is 0 Å². The molecule has 1 unspecified atom stereocenters. The van der Waals surface area contributed by atoms with Gasteiger partial charge in [0.25, 0.3) is 0 Å². The highest BCUT2D eigenvalue weighted by Crippen LogP contribution is 2.12. The first-order chi connectivity index (χ1) is 4.70. The Balaban J connectivity index is 2.96. The Kier molecular flexibility index (Phi) is 1.87. The molecular formula is C7H9N2O. The fourth-order valence-electron chi connectivity index (χ4n) is 0.718. The van der Waals surface area contributed by atoms with Gasteiger partial charge in [-0.05, 0) is 24.6 Å². The Morgan fingerprint density at radius 2 is 2.40 bits per heavy atom.